The Morgan fingerprint density at radius 1 is 1.06 bits per heavy atom. The van der Waals surface area contributed by atoms with Crippen LogP contribution in [-0.2, 0) is 20.9 Å². The van der Waals surface area contributed by atoms with E-state index in [9.17, 15) is 23.6 Å². The Balaban J connectivity index is 1.24. The van der Waals surface area contributed by atoms with Gasteiger partial charge < -0.3 is 9.80 Å². The number of fused-ring (bicyclic) bond motifs is 1. The first kappa shape index (κ1) is 24.7. The van der Waals surface area contributed by atoms with Gasteiger partial charge in [-0.15, -0.1) is 11.8 Å². The number of carbonyl (C=O) groups excluding carboxylic acids is 4. The maximum Gasteiger partial charge on any atom is 0.255 e. The van der Waals surface area contributed by atoms with Crippen molar-refractivity contribution in [3.05, 3.63) is 29.1 Å². The first-order valence-electron chi connectivity index (χ1n) is 12.3. The zero-order chi connectivity index (χ0) is 24.1. The topological polar surface area (TPSA) is 86.8 Å². The van der Waals surface area contributed by atoms with Crippen LogP contribution in [-0.4, -0.2) is 58.3 Å². The number of carbonyl (C=O) groups is 4. The third kappa shape index (κ3) is 5.62. The minimum absolute atomic E-state index is 0.180. The van der Waals surface area contributed by atoms with Crippen molar-refractivity contribution in [2.75, 3.05) is 18.8 Å². The lowest BCUT2D eigenvalue weighted by molar-refractivity contribution is -0.137. The molecule has 4 rings (SSSR count). The summed E-state index contributed by atoms with van der Waals surface area (Å²) >= 11 is 1.41. The van der Waals surface area contributed by atoms with E-state index in [-0.39, 0.29) is 42.9 Å². The van der Waals surface area contributed by atoms with Crippen LogP contribution < -0.4 is 5.32 Å². The fraction of sp³-hybridized carbons (Fsp3) is 0.600. The molecule has 34 heavy (non-hydrogen) atoms. The number of nitrogens with zero attached hydrogens (tertiary/aromatic N) is 2. The molecule has 0 spiro atoms. The minimum atomic E-state index is -0.703. The molecule has 1 atom stereocenters. The summed E-state index contributed by atoms with van der Waals surface area (Å²) in [4.78, 5) is 52.7. The van der Waals surface area contributed by atoms with Crippen LogP contribution in [0, 0.1) is 5.82 Å². The Morgan fingerprint density at radius 3 is 2.59 bits per heavy atom. The van der Waals surface area contributed by atoms with Crippen LogP contribution in [0.2, 0.25) is 0 Å². The van der Waals surface area contributed by atoms with E-state index >= 15 is 0 Å². The third-order valence-electron chi connectivity index (χ3n) is 6.86. The van der Waals surface area contributed by atoms with Crippen molar-refractivity contribution >= 4 is 35.4 Å². The van der Waals surface area contributed by atoms with Crippen LogP contribution in [0.15, 0.2) is 17.0 Å². The number of amides is 4. The van der Waals surface area contributed by atoms with E-state index in [0.29, 0.717) is 22.4 Å². The second-order valence-corrected chi connectivity index (χ2v) is 10.4. The first-order chi connectivity index (χ1) is 16.5. The van der Waals surface area contributed by atoms with E-state index in [1.54, 1.807) is 0 Å². The number of hydrogen-bond donors (Lipinski definition) is 1. The van der Waals surface area contributed by atoms with E-state index in [4.69, 9.17) is 0 Å². The molecule has 7 nitrogen and oxygen atoms in total. The highest BCUT2D eigenvalue weighted by molar-refractivity contribution is 7.99. The Bertz CT molecular complexity index is 964. The molecule has 184 valence electrons. The molecule has 2 saturated heterocycles. The Kier molecular flexibility index (Phi) is 8.24. The summed E-state index contributed by atoms with van der Waals surface area (Å²) in [5.74, 6) is -0.450. The molecule has 1 aromatic carbocycles. The van der Waals surface area contributed by atoms with Crippen LogP contribution in [0.25, 0.3) is 0 Å². The van der Waals surface area contributed by atoms with Gasteiger partial charge in [-0.3, -0.25) is 24.5 Å². The molecule has 3 aliphatic rings. The van der Waals surface area contributed by atoms with Gasteiger partial charge in [-0.1, -0.05) is 12.8 Å². The van der Waals surface area contributed by atoms with Gasteiger partial charge in [-0.05, 0) is 56.4 Å². The number of unbranched alkanes of at least 4 members (excludes halogenated alkanes) is 3. The van der Waals surface area contributed by atoms with Gasteiger partial charge in [0, 0.05) is 48.5 Å². The lowest BCUT2D eigenvalue weighted by Gasteiger charge is -2.29. The highest BCUT2D eigenvalue weighted by Gasteiger charge is 2.40. The number of likely N-dealkylation sites (tertiary alicyclic amines) is 1. The van der Waals surface area contributed by atoms with Crippen molar-refractivity contribution in [2.45, 2.75) is 81.7 Å². The summed E-state index contributed by atoms with van der Waals surface area (Å²) in [6.07, 6.45) is 8.24. The summed E-state index contributed by atoms with van der Waals surface area (Å²) in [5, 5.41) is 2.29. The summed E-state index contributed by atoms with van der Waals surface area (Å²) < 4.78 is 14.6. The number of rotatable bonds is 9. The number of benzene rings is 1. The molecule has 0 aromatic heterocycles. The van der Waals surface area contributed by atoms with Gasteiger partial charge in [0.25, 0.3) is 5.91 Å². The van der Waals surface area contributed by atoms with Crippen LogP contribution in [0.5, 0.6) is 0 Å². The molecule has 1 aromatic rings. The van der Waals surface area contributed by atoms with Crippen molar-refractivity contribution in [3.8, 4) is 0 Å². The number of nitrogens with one attached hydrogen (secondary N) is 1. The van der Waals surface area contributed by atoms with E-state index in [1.165, 1.54) is 35.2 Å². The minimum Gasteiger partial charge on any atom is -0.343 e. The monoisotopic (exact) mass is 489 g/mol. The van der Waals surface area contributed by atoms with Crippen LogP contribution in [0.1, 0.15) is 80.1 Å². The largest absolute Gasteiger partial charge is 0.343 e. The molecule has 2 fully saturated rings. The van der Waals surface area contributed by atoms with Crippen molar-refractivity contribution in [3.63, 3.8) is 0 Å². The number of halogens is 1. The molecule has 3 heterocycles. The van der Waals surface area contributed by atoms with Gasteiger partial charge in [-0.2, -0.15) is 0 Å². The van der Waals surface area contributed by atoms with Crippen LogP contribution >= 0.6 is 11.8 Å². The Labute approximate surface area is 203 Å². The van der Waals surface area contributed by atoms with Crippen molar-refractivity contribution in [1.82, 2.24) is 15.1 Å². The summed E-state index contributed by atoms with van der Waals surface area (Å²) in [7, 11) is 0. The van der Waals surface area contributed by atoms with Crippen molar-refractivity contribution in [1.29, 1.82) is 0 Å². The van der Waals surface area contributed by atoms with Gasteiger partial charge in [0.15, 0.2) is 0 Å². The Morgan fingerprint density at radius 2 is 1.82 bits per heavy atom. The fourth-order valence-electron chi connectivity index (χ4n) is 4.95. The molecule has 1 N–H and O–H groups in total. The predicted molar refractivity (Wildman–Crippen MR) is 127 cm³/mol. The van der Waals surface area contributed by atoms with Crippen molar-refractivity contribution in [2.24, 2.45) is 0 Å². The standard InChI is InChI=1S/C25H32FN3O4S/c26-19-10-9-17-18(16-29(25(17)33)20-11-12-21(30)27-24(20)32)23(19)34-15-7-2-1-4-8-22(31)28-13-5-3-6-14-28/h9-10,20H,1-8,11-16H2,(H,27,30,32). The quantitative estimate of drug-likeness (QED) is 0.325. The first-order valence-corrected chi connectivity index (χ1v) is 13.3. The lowest BCUT2D eigenvalue weighted by atomic mass is 10.0. The number of piperidine rings is 2. The zero-order valence-corrected chi connectivity index (χ0v) is 20.3. The van der Waals surface area contributed by atoms with Gasteiger partial charge in [0.1, 0.15) is 11.9 Å². The molecular formula is C25H32FN3O4S. The van der Waals surface area contributed by atoms with E-state index in [1.807, 2.05) is 4.90 Å². The molecule has 0 bridgehead atoms. The average Bonchev–Trinajstić information content (AvgIpc) is 3.16. The molecule has 0 saturated carbocycles. The van der Waals surface area contributed by atoms with Gasteiger partial charge in [0.2, 0.25) is 17.7 Å². The highest BCUT2D eigenvalue weighted by Crippen LogP contribution is 2.36. The van der Waals surface area contributed by atoms with Gasteiger partial charge in [-0.25, -0.2) is 4.39 Å². The summed E-state index contributed by atoms with van der Waals surface area (Å²) in [5.41, 5.74) is 1.07. The van der Waals surface area contributed by atoms with Gasteiger partial charge in [0.05, 0.1) is 0 Å². The third-order valence-corrected chi connectivity index (χ3v) is 8.08. The molecular weight excluding hydrogens is 457 g/mol. The molecule has 3 aliphatic heterocycles. The average molecular weight is 490 g/mol. The predicted octanol–water partition coefficient (Wildman–Crippen LogP) is 3.64. The second kappa shape index (κ2) is 11.3. The maximum atomic E-state index is 14.6. The molecule has 0 radical (unpaired) electrons. The molecule has 4 amide bonds. The van der Waals surface area contributed by atoms with Crippen LogP contribution in [0.3, 0.4) is 0 Å². The SMILES string of the molecule is O=C1CCC(N2Cc3c(ccc(F)c3SCCCCCCC(=O)N3CCCCC3)C2=O)C(=O)N1. The Hall–Kier alpha value is -2.42. The van der Waals surface area contributed by atoms with Crippen LogP contribution in [0.4, 0.5) is 4.39 Å². The molecule has 0 aliphatic carbocycles. The van der Waals surface area contributed by atoms with Crippen molar-refractivity contribution < 1.29 is 23.6 Å². The number of hydrogen-bond acceptors (Lipinski definition) is 5. The summed E-state index contributed by atoms with van der Waals surface area (Å²) in [6.45, 7) is 1.97. The normalized spacial score (nSPS) is 20.5. The van der Waals surface area contributed by atoms with E-state index in [2.05, 4.69) is 5.32 Å². The summed E-state index contributed by atoms with van der Waals surface area (Å²) in [6, 6.07) is 2.10. The maximum absolute atomic E-state index is 14.6. The smallest absolute Gasteiger partial charge is 0.255 e. The fourth-order valence-corrected chi connectivity index (χ4v) is 6.06. The van der Waals surface area contributed by atoms with Gasteiger partial charge >= 0.3 is 0 Å². The second-order valence-electron chi connectivity index (χ2n) is 9.26. The number of imide groups is 1. The van der Waals surface area contributed by atoms with E-state index < -0.39 is 11.9 Å². The molecule has 9 heteroatoms. The molecule has 1 unspecified atom stereocenters. The van der Waals surface area contributed by atoms with E-state index in [0.717, 1.165) is 57.4 Å². The number of thioether (sulfide) groups is 1. The highest BCUT2D eigenvalue weighted by atomic mass is 32.2. The zero-order valence-electron chi connectivity index (χ0n) is 19.4. The lowest BCUT2D eigenvalue weighted by Crippen LogP contribution is -2.52.